The Balaban J connectivity index is 2.64. The fourth-order valence-corrected chi connectivity index (χ4v) is 2.05. The smallest absolute Gasteiger partial charge is 0.241 e. The van der Waals surface area contributed by atoms with Crippen molar-refractivity contribution in [1.82, 2.24) is 4.98 Å². The molecule has 84 valence electrons. The molecule has 0 saturated carbocycles. The van der Waals surface area contributed by atoms with Crippen LogP contribution in [0.15, 0.2) is 36.4 Å². The first-order chi connectivity index (χ1) is 7.59. The topological polar surface area (TPSA) is 19.7 Å². The number of benzene rings is 1. The average Bonchev–Trinajstić information content (AvgIpc) is 2.57. The lowest BCUT2D eigenvalue weighted by Crippen LogP contribution is -2.38. The van der Waals surface area contributed by atoms with Crippen molar-refractivity contribution in [3.05, 3.63) is 42.2 Å². The van der Waals surface area contributed by atoms with Crippen LogP contribution >= 0.6 is 0 Å². The van der Waals surface area contributed by atoms with Gasteiger partial charge in [0.2, 0.25) is 0 Å². The first-order valence-corrected chi connectivity index (χ1v) is 5.74. The number of nitrogens with one attached hydrogen (secondary N) is 1. The largest absolute Gasteiger partial charge is 0.258 e. The zero-order valence-corrected chi connectivity index (χ0v) is 10.2. The molecule has 2 heteroatoms. The Morgan fingerprint density at radius 2 is 2.06 bits per heavy atom. The van der Waals surface area contributed by atoms with Gasteiger partial charge in [-0.15, -0.1) is 0 Å². The Kier molecular flexibility index (Phi) is 2.82. The number of aromatic amines is 1. The maximum absolute atomic E-state index is 4.00. The molecule has 1 aromatic carbocycles. The van der Waals surface area contributed by atoms with Crippen LogP contribution in [0, 0.1) is 0 Å². The Hall–Kier alpha value is -1.57. The monoisotopic (exact) mass is 215 g/mol. The third-order valence-corrected chi connectivity index (χ3v) is 2.72. The van der Waals surface area contributed by atoms with Gasteiger partial charge in [0.25, 0.3) is 5.82 Å². The molecule has 0 spiro atoms. The van der Waals surface area contributed by atoms with E-state index in [9.17, 15) is 0 Å². The van der Waals surface area contributed by atoms with Crippen molar-refractivity contribution in [2.24, 2.45) is 0 Å². The third kappa shape index (κ3) is 1.87. The number of fused-ring (bicyclic) bond motifs is 1. The van der Waals surface area contributed by atoms with Crippen LogP contribution in [0.2, 0.25) is 0 Å². The van der Waals surface area contributed by atoms with Crippen molar-refractivity contribution < 1.29 is 4.57 Å². The van der Waals surface area contributed by atoms with E-state index in [2.05, 4.69) is 61.2 Å². The van der Waals surface area contributed by atoms with Crippen molar-refractivity contribution in [2.45, 2.75) is 33.2 Å². The van der Waals surface area contributed by atoms with Crippen LogP contribution in [-0.2, 0) is 6.54 Å². The van der Waals surface area contributed by atoms with Crippen LogP contribution < -0.4 is 4.57 Å². The maximum atomic E-state index is 4.00. The Morgan fingerprint density at radius 1 is 1.38 bits per heavy atom. The first-order valence-electron chi connectivity index (χ1n) is 5.74. The number of H-pyrrole nitrogens is 1. The molecule has 1 aromatic heterocycles. The van der Waals surface area contributed by atoms with Gasteiger partial charge in [0.05, 0.1) is 5.92 Å². The Labute approximate surface area is 96.6 Å². The van der Waals surface area contributed by atoms with Crippen molar-refractivity contribution in [1.29, 1.82) is 0 Å². The summed E-state index contributed by atoms with van der Waals surface area (Å²) in [7, 11) is 0. The van der Waals surface area contributed by atoms with Crippen LogP contribution in [0.1, 0.15) is 32.5 Å². The predicted molar refractivity (Wildman–Crippen MR) is 67.4 cm³/mol. The zero-order valence-electron chi connectivity index (χ0n) is 10.2. The molecule has 0 unspecified atom stereocenters. The summed E-state index contributed by atoms with van der Waals surface area (Å²) in [6.07, 6.45) is 0. The van der Waals surface area contributed by atoms with E-state index >= 15 is 0 Å². The third-order valence-electron chi connectivity index (χ3n) is 2.72. The highest BCUT2D eigenvalue weighted by Crippen LogP contribution is 2.15. The van der Waals surface area contributed by atoms with Gasteiger partial charge in [0.15, 0.2) is 11.0 Å². The van der Waals surface area contributed by atoms with Crippen LogP contribution in [-0.4, -0.2) is 4.98 Å². The van der Waals surface area contributed by atoms with Gasteiger partial charge in [-0.1, -0.05) is 32.6 Å². The normalized spacial score (nSPS) is 11.2. The maximum Gasteiger partial charge on any atom is 0.258 e. The standard InChI is InChI=1S/C14H18N2/c1-10(2)9-16-13-8-6-5-7-12(13)15-14(16)11(3)4/h5-8,11H,1,9H2,2-4H3/p+1. The summed E-state index contributed by atoms with van der Waals surface area (Å²) in [5.41, 5.74) is 3.64. The molecule has 0 aliphatic carbocycles. The van der Waals surface area contributed by atoms with Gasteiger partial charge in [-0.3, -0.25) is 0 Å². The van der Waals surface area contributed by atoms with E-state index in [0.717, 1.165) is 6.54 Å². The van der Waals surface area contributed by atoms with Crippen LogP contribution in [0.25, 0.3) is 11.0 Å². The molecule has 2 rings (SSSR count). The second-order valence-corrected chi connectivity index (χ2v) is 4.73. The van der Waals surface area contributed by atoms with E-state index in [-0.39, 0.29) is 0 Å². The van der Waals surface area contributed by atoms with E-state index in [1.807, 2.05) is 0 Å². The lowest BCUT2D eigenvalue weighted by atomic mass is 10.2. The first kappa shape index (κ1) is 10.9. The Bertz CT molecular complexity index is 521. The molecule has 0 aliphatic heterocycles. The highest BCUT2D eigenvalue weighted by atomic mass is 15.1. The van der Waals surface area contributed by atoms with E-state index in [1.54, 1.807) is 0 Å². The average molecular weight is 215 g/mol. The summed E-state index contributed by atoms with van der Waals surface area (Å²) in [5.74, 6) is 1.76. The minimum atomic E-state index is 0.492. The van der Waals surface area contributed by atoms with Crippen LogP contribution in [0.4, 0.5) is 0 Å². The minimum absolute atomic E-state index is 0.492. The Morgan fingerprint density at radius 3 is 2.69 bits per heavy atom. The second kappa shape index (κ2) is 4.12. The van der Waals surface area contributed by atoms with Crippen LogP contribution in [0.5, 0.6) is 0 Å². The highest BCUT2D eigenvalue weighted by molar-refractivity contribution is 5.71. The molecular weight excluding hydrogens is 196 g/mol. The summed E-state index contributed by atoms with van der Waals surface area (Å²) in [5, 5.41) is 0. The fraction of sp³-hybridized carbons (Fsp3) is 0.357. The predicted octanol–water partition coefficient (Wildman–Crippen LogP) is 3.15. The van der Waals surface area contributed by atoms with Gasteiger partial charge in [0, 0.05) is 0 Å². The number of imidazole rings is 1. The van der Waals surface area contributed by atoms with Crippen LogP contribution in [0.3, 0.4) is 0 Å². The van der Waals surface area contributed by atoms with E-state index in [1.165, 1.54) is 22.4 Å². The molecule has 2 nitrogen and oxygen atoms in total. The minimum Gasteiger partial charge on any atom is -0.241 e. The second-order valence-electron chi connectivity index (χ2n) is 4.73. The van der Waals surface area contributed by atoms with Gasteiger partial charge in [-0.05, 0) is 24.6 Å². The summed E-state index contributed by atoms with van der Waals surface area (Å²) in [6, 6.07) is 8.42. The van der Waals surface area contributed by atoms with E-state index < -0.39 is 0 Å². The number of hydrogen-bond donors (Lipinski definition) is 1. The molecule has 2 aromatic rings. The van der Waals surface area contributed by atoms with Gasteiger partial charge in [0.1, 0.15) is 6.54 Å². The molecule has 0 amide bonds. The molecule has 1 N–H and O–H groups in total. The van der Waals surface area contributed by atoms with E-state index in [4.69, 9.17) is 0 Å². The quantitative estimate of drug-likeness (QED) is 0.599. The summed E-state index contributed by atoms with van der Waals surface area (Å²) >= 11 is 0. The lowest BCUT2D eigenvalue weighted by molar-refractivity contribution is -0.671. The van der Waals surface area contributed by atoms with Crippen molar-refractivity contribution in [3.8, 4) is 0 Å². The number of para-hydroxylation sites is 2. The van der Waals surface area contributed by atoms with Crippen molar-refractivity contribution in [2.75, 3.05) is 0 Å². The van der Waals surface area contributed by atoms with Crippen molar-refractivity contribution >= 4 is 11.0 Å². The van der Waals surface area contributed by atoms with Gasteiger partial charge in [-0.25, -0.2) is 9.55 Å². The SMILES string of the molecule is C=C(C)C[n+]1c(C(C)C)[nH]c2ccccc21. The molecule has 0 radical (unpaired) electrons. The molecule has 0 atom stereocenters. The molecule has 0 aliphatic rings. The number of hydrogen-bond acceptors (Lipinski definition) is 0. The van der Waals surface area contributed by atoms with E-state index in [0.29, 0.717) is 5.92 Å². The summed E-state index contributed by atoms with van der Waals surface area (Å²) < 4.78 is 2.32. The number of rotatable bonds is 3. The summed E-state index contributed by atoms with van der Waals surface area (Å²) in [6.45, 7) is 11.4. The highest BCUT2D eigenvalue weighted by Gasteiger charge is 2.20. The van der Waals surface area contributed by atoms with Gasteiger partial charge < -0.3 is 0 Å². The number of allylic oxidation sites excluding steroid dienone is 1. The van der Waals surface area contributed by atoms with Gasteiger partial charge in [-0.2, -0.15) is 0 Å². The molecule has 1 heterocycles. The molecule has 0 bridgehead atoms. The lowest BCUT2D eigenvalue weighted by Gasteiger charge is -2.03. The van der Waals surface area contributed by atoms with Gasteiger partial charge >= 0.3 is 0 Å². The number of nitrogens with zero attached hydrogens (tertiary/aromatic N) is 1. The molecule has 16 heavy (non-hydrogen) atoms. The molecular formula is C14H19N2+. The number of aromatic nitrogens is 2. The van der Waals surface area contributed by atoms with Crippen molar-refractivity contribution in [3.63, 3.8) is 0 Å². The summed E-state index contributed by atoms with van der Waals surface area (Å²) in [4.78, 5) is 3.49. The zero-order chi connectivity index (χ0) is 11.7. The fourth-order valence-electron chi connectivity index (χ4n) is 2.05. The molecule has 0 saturated heterocycles. The molecule has 0 fully saturated rings.